The molecular weight excluding hydrogens is 294 g/mol. The quantitative estimate of drug-likeness (QED) is 0.746. The van der Waals surface area contributed by atoms with Gasteiger partial charge in [0.05, 0.1) is 0 Å². The molecule has 0 saturated heterocycles. The summed E-state index contributed by atoms with van der Waals surface area (Å²) in [6, 6.07) is 19.4. The Labute approximate surface area is 113 Å². The SMILES string of the molecule is FC(COc1ccccc1)C[Se]c1ccccc1. The van der Waals surface area contributed by atoms with Gasteiger partial charge in [-0.2, -0.15) is 0 Å². The average molecular weight is 309 g/mol. The van der Waals surface area contributed by atoms with Gasteiger partial charge in [-0.3, -0.25) is 0 Å². The Balaban J connectivity index is 1.71. The third kappa shape index (κ3) is 4.52. The van der Waals surface area contributed by atoms with Crippen LogP contribution in [0.15, 0.2) is 60.7 Å². The molecule has 0 aromatic heterocycles. The van der Waals surface area contributed by atoms with E-state index in [9.17, 15) is 4.39 Å². The molecule has 0 amide bonds. The number of ether oxygens (including phenoxy) is 1. The molecule has 1 atom stereocenters. The van der Waals surface area contributed by atoms with Gasteiger partial charge in [-0.05, 0) is 0 Å². The zero-order chi connectivity index (χ0) is 12.6. The minimum atomic E-state index is -0.898. The molecule has 0 radical (unpaired) electrons. The Morgan fingerprint density at radius 2 is 1.56 bits per heavy atom. The minimum absolute atomic E-state index is 0.137. The third-order valence-electron chi connectivity index (χ3n) is 2.35. The van der Waals surface area contributed by atoms with E-state index in [0.717, 1.165) is 5.75 Å². The molecule has 0 saturated carbocycles. The van der Waals surface area contributed by atoms with Crippen LogP contribution in [0.2, 0.25) is 5.32 Å². The van der Waals surface area contributed by atoms with Crippen LogP contribution in [0.5, 0.6) is 5.75 Å². The summed E-state index contributed by atoms with van der Waals surface area (Å²) in [6.45, 7) is 0.137. The van der Waals surface area contributed by atoms with Crippen molar-refractivity contribution in [3.8, 4) is 5.75 Å². The van der Waals surface area contributed by atoms with Crippen LogP contribution in [-0.4, -0.2) is 27.7 Å². The first-order valence-electron chi connectivity index (χ1n) is 5.84. The Morgan fingerprint density at radius 1 is 0.944 bits per heavy atom. The molecule has 2 aromatic rings. The van der Waals surface area contributed by atoms with E-state index in [1.165, 1.54) is 4.46 Å². The van der Waals surface area contributed by atoms with Crippen molar-refractivity contribution in [3.05, 3.63) is 60.7 Å². The van der Waals surface area contributed by atoms with E-state index < -0.39 is 6.17 Å². The van der Waals surface area contributed by atoms with E-state index in [1.54, 1.807) is 0 Å². The summed E-state index contributed by atoms with van der Waals surface area (Å²) in [5, 5.41) is 0.559. The van der Waals surface area contributed by atoms with Crippen molar-refractivity contribution >= 4 is 19.4 Å². The molecule has 0 bridgehead atoms. The number of hydrogen-bond acceptors (Lipinski definition) is 1. The molecule has 3 heteroatoms. The fourth-order valence-electron chi connectivity index (χ4n) is 1.45. The first kappa shape index (κ1) is 13.1. The summed E-state index contributed by atoms with van der Waals surface area (Å²) in [5.41, 5.74) is 0. The van der Waals surface area contributed by atoms with Crippen molar-refractivity contribution in [2.45, 2.75) is 11.5 Å². The van der Waals surface area contributed by atoms with Crippen LogP contribution in [0, 0.1) is 0 Å². The van der Waals surface area contributed by atoms with Gasteiger partial charge < -0.3 is 0 Å². The van der Waals surface area contributed by atoms with Crippen molar-refractivity contribution in [1.82, 2.24) is 0 Å². The molecule has 18 heavy (non-hydrogen) atoms. The van der Waals surface area contributed by atoms with Crippen LogP contribution in [0.3, 0.4) is 0 Å². The summed E-state index contributed by atoms with van der Waals surface area (Å²) in [4.78, 5) is 0. The molecule has 0 spiro atoms. The second-order valence-electron chi connectivity index (χ2n) is 3.85. The van der Waals surface area contributed by atoms with Gasteiger partial charge in [0.25, 0.3) is 0 Å². The number of rotatable bonds is 6. The molecule has 0 N–H and O–H groups in total. The number of alkyl halides is 1. The van der Waals surface area contributed by atoms with Crippen molar-refractivity contribution in [2.24, 2.45) is 0 Å². The third-order valence-corrected chi connectivity index (χ3v) is 4.73. The Bertz CT molecular complexity index is 403. The molecule has 2 rings (SSSR count). The topological polar surface area (TPSA) is 9.23 Å². The first-order chi connectivity index (χ1) is 8.84. The van der Waals surface area contributed by atoms with Crippen LogP contribution in [0.4, 0.5) is 4.39 Å². The summed E-state index contributed by atoms with van der Waals surface area (Å²) in [6.07, 6.45) is -0.898. The number of benzene rings is 2. The normalized spacial score (nSPS) is 12.1. The van der Waals surface area contributed by atoms with Crippen molar-refractivity contribution in [3.63, 3.8) is 0 Å². The van der Waals surface area contributed by atoms with Crippen molar-refractivity contribution < 1.29 is 9.13 Å². The molecule has 94 valence electrons. The predicted octanol–water partition coefficient (Wildman–Crippen LogP) is 2.85. The predicted molar refractivity (Wildman–Crippen MR) is 73.5 cm³/mol. The monoisotopic (exact) mass is 310 g/mol. The van der Waals surface area contributed by atoms with Crippen molar-refractivity contribution in [2.75, 3.05) is 6.61 Å². The van der Waals surface area contributed by atoms with Crippen LogP contribution < -0.4 is 9.20 Å². The molecule has 0 aliphatic rings. The van der Waals surface area contributed by atoms with E-state index >= 15 is 0 Å². The van der Waals surface area contributed by atoms with Gasteiger partial charge in [0.15, 0.2) is 0 Å². The average Bonchev–Trinajstić information content (AvgIpc) is 2.45. The van der Waals surface area contributed by atoms with E-state index in [4.69, 9.17) is 4.74 Å². The summed E-state index contributed by atoms with van der Waals surface area (Å²) >= 11 is 0.181. The van der Waals surface area contributed by atoms with Gasteiger partial charge in [0.2, 0.25) is 0 Å². The zero-order valence-electron chi connectivity index (χ0n) is 9.96. The van der Waals surface area contributed by atoms with Gasteiger partial charge in [0, 0.05) is 0 Å². The van der Waals surface area contributed by atoms with Gasteiger partial charge in [-0.15, -0.1) is 0 Å². The number of hydrogen-bond donors (Lipinski definition) is 0. The summed E-state index contributed by atoms with van der Waals surface area (Å²) in [7, 11) is 0. The number of halogens is 1. The van der Waals surface area contributed by atoms with Gasteiger partial charge >= 0.3 is 113 Å². The maximum absolute atomic E-state index is 13.7. The molecule has 1 nitrogen and oxygen atoms in total. The summed E-state index contributed by atoms with van der Waals surface area (Å²) < 4.78 is 20.3. The second-order valence-corrected chi connectivity index (χ2v) is 6.14. The zero-order valence-corrected chi connectivity index (χ0v) is 11.7. The first-order valence-corrected chi connectivity index (χ1v) is 7.91. The van der Waals surface area contributed by atoms with Gasteiger partial charge in [0.1, 0.15) is 0 Å². The number of para-hydroxylation sites is 1. The molecule has 1 unspecified atom stereocenters. The van der Waals surface area contributed by atoms with Gasteiger partial charge in [-0.25, -0.2) is 0 Å². The van der Waals surface area contributed by atoms with Crippen LogP contribution in [-0.2, 0) is 0 Å². The molecule has 0 aliphatic heterocycles. The molecule has 0 aliphatic carbocycles. The molecular formula is C15H15FOSe. The fraction of sp³-hybridized carbons (Fsp3) is 0.200. The van der Waals surface area contributed by atoms with Crippen LogP contribution in [0.1, 0.15) is 0 Å². The Morgan fingerprint density at radius 3 is 2.22 bits per heavy atom. The maximum atomic E-state index is 13.7. The van der Waals surface area contributed by atoms with E-state index in [1.807, 2.05) is 60.7 Å². The van der Waals surface area contributed by atoms with Gasteiger partial charge in [-0.1, -0.05) is 0 Å². The van der Waals surface area contributed by atoms with E-state index in [2.05, 4.69) is 0 Å². The standard InChI is InChI=1S/C15H15FOSe/c16-13(11-17-14-7-3-1-4-8-14)12-18-15-9-5-2-6-10-15/h1-10,13H,11-12H2. The van der Waals surface area contributed by atoms with Crippen LogP contribution in [0.25, 0.3) is 0 Å². The Kier molecular flexibility index (Phi) is 5.25. The molecule has 0 fully saturated rings. The Hall–Kier alpha value is -1.31. The second kappa shape index (κ2) is 7.20. The molecule has 2 aromatic carbocycles. The summed E-state index contributed by atoms with van der Waals surface area (Å²) in [5.74, 6) is 0.729. The van der Waals surface area contributed by atoms with Crippen molar-refractivity contribution in [1.29, 1.82) is 0 Å². The van der Waals surface area contributed by atoms with E-state index in [-0.39, 0.29) is 21.6 Å². The van der Waals surface area contributed by atoms with Crippen LogP contribution >= 0.6 is 0 Å². The van der Waals surface area contributed by atoms with E-state index in [0.29, 0.717) is 5.32 Å². The fourth-order valence-corrected chi connectivity index (χ4v) is 3.17. The molecule has 0 heterocycles.